The molecule has 0 aliphatic rings. The van der Waals surface area contributed by atoms with Crippen molar-refractivity contribution in [3.8, 4) is 11.3 Å². The number of rotatable bonds is 6. The minimum atomic E-state index is -5.46. The van der Waals surface area contributed by atoms with Gasteiger partial charge in [0.05, 0.1) is 12.2 Å². The first-order valence-corrected chi connectivity index (χ1v) is 10.2. The number of hydrogen-bond donors (Lipinski definition) is 2. The van der Waals surface area contributed by atoms with E-state index >= 15 is 0 Å². The molecule has 0 aliphatic carbocycles. The van der Waals surface area contributed by atoms with Gasteiger partial charge in [-0.3, -0.25) is 4.98 Å². The molecule has 33 heavy (non-hydrogen) atoms. The molecule has 0 aromatic carbocycles. The fourth-order valence-electron chi connectivity index (χ4n) is 2.68. The van der Waals surface area contributed by atoms with Crippen molar-refractivity contribution in [3.63, 3.8) is 0 Å². The Hall–Kier alpha value is -3.24. The van der Waals surface area contributed by atoms with E-state index in [1.54, 1.807) is 0 Å². The molecule has 3 aromatic heterocycles. The molecule has 0 aliphatic heterocycles. The number of nitrogens with zero attached hydrogens (tertiary/aromatic N) is 3. The summed E-state index contributed by atoms with van der Waals surface area (Å²) in [4.78, 5) is 24.2. The van der Waals surface area contributed by atoms with Crippen LogP contribution >= 0.6 is 0 Å². The van der Waals surface area contributed by atoms with Crippen molar-refractivity contribution in [2.24, 2.45) is 5.73 Å². The quantitative estimate of drug-likeness (QED) is 0.395. The van der Waals surface area contributed by atoms with Gasteiger partial charge in [0.15, 0.2) is 0 Å². The highest BCUT2D eigenvalue weighted by Crippen LogP contribution is 2.34. The average Bonchev–Trinajstić information content (AvgIpc) is 3.18. The molecule has 3 aromatic rings. The predicted octanol–water partition coefficient (Wildman–Crippen LogP) is 2.61. The van der Waals surface area contributed by atoms with Gasteiger partial charge in [-0.25, -0.2) is 18.2 Å². The summed E-state index contributed by atoms with van der Waals surface area (Å²) in [6, 6.07) is 4.21. The van der Waals surface area contributed by atoms with Gasteiger partial charge < -0.3 is 15.6 Å². The molecule has 9 nitrogen and oxygen atoms in total. The van der Waals surface area contributed by atoms with Gasteiger partial charge >= 0.3 is 18.3 Å². The van der Waals surface area contributed by atoms with Crippen molar-refractivity contribution < 1.29 is 44.4 Å². The van der Waals surface area contributed by atoms with Gasteiger partial charge in [-0.1, -0.05) is 0 Å². The summed E-state index contributed by atoms with van der Waals surface area (Å²) >= 11 is 0. The van der Waals surface area contributed by atoms with Gasteiger partial charge in [-0.05, 0) is 28.7 Å². The zero-order valence-electron chi connectivity index (χ0n) is 16.1. The highest BCUT2D eigenvalue weighted by atomic mass is 32.2. The van der Waals surface area contributed by atoms with Crippen molar-refractivity contribution in [1.29, 1.82) is 0 Å². The van der Waals surface area contributed by atoms with Gasteiger partial charge in [-0.15, -0.1) is 0 Å². The summed E-state index contributed by atoms with van der Waals surface area (Å²) in [5, 5.41) is 0.0526. The first kappa shape index (κ1) is 24.4. The van der Waals surface area contributed by atoms with Gasteiger partial charge in [0.2, 0.25) is 0 Å². The molecular formula is C17H13F6N5O4S. The summed E-state index contributed by atoms with van der Waals surface area (Å²) in [5.74, 6) is -2.77. The highest BCUT2D eigenvalue weighted by molar-refractivity contribution is 7.89. The van der Waals surface area contributed by atoms with Crippen molar-refractivity contribution >= 4 is 27.0 Å². The van der Waals surface area contributed by atoms with Crippen LogP contribution in [0.5, 0.6) is 0 Å². The second-order valence-electron chi connectivity index (χ2n) is 6.38. The van der Waals surface area contributed by atoms with Crippen LogP contribution in [0.1, 0.15) is 5.69 Å². The molecule has 0 saturated carbocycles. The maximum atomic E-state index is 13.0. The predicted molar refractivity (Wildman–Crippen MR) is 99.4 cm³/mol. The van der Waals surface area contributed by atoms with E-state index in [1.165, 1.54) is 12.3 Å². The molecule has 0 atom stereocenters. The second-order valence-corrected chi connectivity index (χ2v) is 8.21. The smallest absolute Gasteiger partial charge is 0.345 e. The molecule has 0 amide bonds. The molecule has 0 unspecified atom stereocenters. The summed E-state index contributed by atoms with van der Waals surface area (Å²) in [6.45, 7) is -1.25. The first-order valence-electron chi connectivity index (χ1n) is 8.78. The van der Waals surface area contributed by atoms with Crippen molar-refractivity contribution in [2.75, 3.05) is 13.1 Å². The Balaban J connectivity index is 1.96. The molecule has 0 saturated heterocycles. The minimum Gasteiger partial charge on any atom is -0.345 e. The van der Waals surface area contributed by atoms with E-state index < -0.39 is 52.0 Å². The SMILES string of the molecule is NCCN(OC(=O)C(F)(F)F)S(=O)(=O)c1ccc(-c2ccnc3[nH]c(C(F)(F)F)cc23)nc1. The van der Waals surface area contributed by atoms with E-state index in [0.717, 1.165) is 24.4 Å². The molecular weight excluding hydrogens is 484 g/mol. The summed E-state index contributed by atoms with van der Waals surface area (Å²) in [5.41, 5.74) is 4.27. The summed E-state index contributed by atoms with van der Waals surface area (Å²) in [6.07, 6.45) is -8.16. The largest absolute Gasteiger partial charge is 0.492 e. The third-order valence-electron chi connectivity index (χ3n) is 4.14. The van der Waals surface area contributed by atoms with Gasteiger partial charge in [0.25, 0.3) is 10.0 Å². The number of sulfonamides is 1. The number of fused-ring (bicyclic) bond motifs is 1. The van der Waals surface area contributed by atoms with Crippen molar-refractivity contribution in [2.45, 2.75) is 17.2 Å². The number of pyridine rings is 2. The molecule has 0 bridgehead atoms. The fourth-order valence-corrected chi connectivity index (χ4v) is 3.85. The standard InChI is InChI=1S/C17H13F6N5O4S/c18-16(19,20)13-7-11-10(3-5-25-14(11)27-13)12-2-1-9(8-26-12)33(30,31)28(6-4-24)32-15(29)17(21,22)23/h1-3,5,7-8H,4,6,24H2,(H,25,27). The van der Waals surface area contributed by atoms with E-state index in [1.807, 2.05) is 0 Å². The number of halogens is 6. The van der Waals surface area contributed by atoms with Crippen LogP contribution in [0.2, 0.25) is 0 Å². The molecule has 3 rings (SSSR count). The number of nitrogens with two attached hydrogens (primary N) is 1. The lowest BCUT2D eigenvalue weighted by atomic mass is 10.1. The maximum absolute atomic E-state index is 13.0. The van der Waals surface area contributed by atoms with Crippen molar-refractivity contribution in [1.82, 2.24) is 19.4 Å². The van der Waals surface area contributed by atoms with Gasteiger partial charge in [0.1, 0.15) is 16.2 Å². The monoisotopic (exact) mass is 497 g/mol. The Bertz CT molecular complexity index is 1270. The second kappa shape index (κ2) is 8.60. The van der Waals surface area contributed by atoms with Gasteiger partial charge in [0, 0.05) is 29.9 Å². The lowest BCUT2D eigenvalue weighted by Crippen LogP contribution is -2.41. The Labute approximate surface area is 181 Å². The Morgan fingerprint density at radius 1 is 1.12 bits per heavy atom. The Morgan fingerprint density at radius 3 is 2.36 bits per heavy atom. The minimum absolute atomic E-state index is 0.0479. The highest BCUT2D eigenvalue weighted by Gasteiger charge is 2.44. The lowest BCUT2D eigenvalue weighted by molar-refractivity contribution is -0.222. The number of H-pyrrole nitrogens is 1. The van der Waals surface area contributed by atoms with E-state index in [2.05, 4.69) is 19.8 Å². The number of aromatic amines is 1. The van der Waals surface area contributed by atoms with E-state index in [-0.39, 0.29) is 26.8 Å². The number of alkyl halides is 6. The molecule has 3 N–H and O–H groups in total. The first-order chi connectivity index (χ1) is 15.2. The van der Waals surface area contributed by atoms with Crippen LogP contribution in [-0.4, -0.2) is 53.1 Å². The zero-order chi connectivity index (χ0) is 24.6. The molecule has 0 radical (unpaired) electrons. The summed E-state index contributed by atoms with van der Waals surface area (Å²) in [7, 11) is -4.79. The molecule has 0 fully saturated rings. The van der Waals surface area contributed by atoms with Crippen LogP contribution in [0.25, 0.3) is 22.3 Å². The van der Waals surface area contributed by atoms with Crippen LogP contribution < -0.4 is 5.73 Å². The molecule has 3 heterocycles. The number of carbonyl (C=O) groups excluding carboxylic acids is 1. The number of hydrogen-bond acceptors (Lipinski definition) is 7. The van der Waals surface area contributed by atoms with Crippen LogP contribution in [0, 0.1) is 0 Å². The van der Waals surface area contributed by atoms with E-state index in [4.69, 9.17) is 5.73 Å². The number of carbonyl (C=O) groups is 1. The average molecular weight is 497 g/mol. The normalized spacial score (nSPS) is 13.0. The van der Waals surface area contributed by atoms with Gasteiger partial charge in [-0.2, -0.15) is 26.3 Å². The Morgan fingerprint density at radius 2 is 1.82 bits per heavy atom. The third kappa shape index (κ3) is 5.07. The topological polar surface area (TPSA) is 131 Å². The maximum Gasteiger partial charge on any atom is 0.492 e. The molecule has 16 heteroatoms. The molecule has 178 valence electrons. The van der Waals surface area contributed by atoms with Crippen molar-refractivity contribution in [3.05, 3.63) is 42.4 Å². The van der Waals surface area contributed by atoms with Crippen LogP contribution in [0.3, 0.4) is 0 Å². The number of nitrogens with one attached hydrogen (secondary N) is 1. The van der Waals surface area contributed by atoms with Crippen LogP contribution in [0.15, 0.2) is 41.6 Å². The lowest BCUT2D eigenvalue weighted by Gasteiger charge is -2.20. The summed E-state index contributed by atoms with van der Waals surface area (Å²) < 4.78 is 101. The fraction of sp³-hybridized carbons (Fsp3) is 0.235. The van der Waals surface area contributed by atoms with Crippen LogP contribution in [0.4, 0.5) is 26.3 Å². The van der Waals surface area contributed by atoms with E-state index in [0.29, 0.717) is 0 Å². The van der Waals surface area contributed by atoms with E-state index in [9.17, 15) is 39.6 Å². The van der Waals surface area contributed by atoms with Crippen LogP contribution in [-0.2, 0) is 25.8 Å². The zero-order valence-corrected chi connectivity index (χ0v) is 16.9. The Kier molecular flexibility index (Phi) is 6.36. The molecule has 0 spiro atoms. The number of hydroxylamine groups is 1. The third-order valence-corrected chi connectivity index (χ3v) is 5.77. The number of aromatic nitrogens is 3.